The van der Waals surface area contributed by atoms with Crippen LogP contribution in [-0.4, -0.2) is 15.5 Å². The minimum Gasteiger partial charge on any atom is -0.320 e. The van der Waals surface area contributed by atoms with Crippen LogP contribution in [0.2, 0.25) is 5.02 Å². The quantitative estimate of drug-likeness (QED) is 0.792. The number of carbonyl (C=O) groups is 1. The lowest BCUT2D eigenvalue weighted by Gasteiger charge is -2.13. The highest BCUT2D eigenvalue weighted by Gasteiger charge is 2.11. The van der Waals surface area contributed by atoms with Gasteiger partial charge in [-0.3, -0.25) is 4.79 Å². The fourth-order valence-corrected chi connectivity index (χ4v) is 2.34. The van der Waals surface area contributed by atoms with Crippen molar-refractivity contribution >= 4 is 23.2 Å². The summed E-state index contributed by atoms with van der Waals surface area (Å²) in [6, 6.07) is 14.4. The Bertz CT molecular complexity index is 809. The first-order chi connectivity index (χ1) is 10.6. The van der Waals surface area contributed by atoms with Crippen molar-refractivity contribution in [1.29, 1.82) is 0 Å². The molecule has 3 rings (SSSR count). The third kappa shape index (κ3) is 2.87. The normalized spacial score (nSPS) is 10.5. The Morgan fingerprint density at radius 2 is 1.86 bits per heavy atom. The SMILES string of the molecule is Cc1nccn1-c1ccccc1NC(=O)c1ccc(Cl)cc1. The van der Waals surface area contributed by atoms with Gasteiger partial charge in [-0.05, 0) is 43.3 Å². The second-order valence-electron chi connectivity index (χ2n) is 4.82. The lowest BCUT2D eigenvalue weighted by Crippen LogP contribution is -2.13. The number of halogens is 1. The highest BCUT2D eigenvalue weighted by atomic mass is 35.5. The van der Waals surface area contributed by atoms with Crippen molar-refractivity contribution in [2.75, 3.05) is 5.32 Å². The largest absolute Gasteiger partial charge is 0.320 e. The van der Waals surface area contributed by atoms with E-state index in [4.69, 9.17) is 11.6 Å². The maximum atomic E-state index is 12.4. The van der Waals surface area contributed by atoms with Crippen LogP contribution in [0, 0.1) is 6.92 Å². The van der Waals surface area contributed by atoms with Crippen molar-refractivity contribution in [3.05, 3.63) is 77.3 Å². The molecule has 4 nitrogen and oxygen atoms in total. The lowest BCUT2D eigenvalue weighted by molar-refractivity contribution is 0.102. The molecule has 0 aliphatic rings. The maximum Gasteiger partial charge on any atom is 0.255 e. The van der Waals surface area contributed by atoms with Gasteiger partial charge in [-0.2, -0.15) is 0 Å². The summed E-state index contributed by atoms with van der Waals surface area (Å²) in [5.41, 5.74) is 2.16. The first-order valence-electron chi connectivity index (χ1n) is 6.81. The number of anilines is 1. The van der Waals surface area contributed by atoms with Gasteiger partial charge >= 0.3 is 0 Å². The van der Waals surface area contributed by atoms with Crippen molar-refractivity contribution in [3.63, 3.8) is 0 Å². The average Bonchev–Trinajstić information content (AvgIpc) is 2.94. The van der Waals surface area contributed by atoms with Crippen LogP contribution in [0.3, 0.4) is 0 Å². The molecular weight excluding hydrogens is 298 g/mol. The molecule has 0 bridgehead atoms. The Kier molecular flexibility index (Phi) is 3.94. The summed E-state index contributed by atoms with van der Waals surface area (Å²) in [7, 11) is 0. The monoisotopic (exact) mass is 311 g/mol. The number of imidazole rings is 1. The van der Waals surface area contributed by atoms with Gasteiger partial charge in [-0.1, -0.05) is 23.7 Å². The second kappa shape index (κ2) is 6.03. The van der Waals surface area contributed by atoms with Crippen molar-refractivity contribution in [3.8, 4) is 5.69 Å². The Morgan fingerprint density at radius 1 is 1.14 bits per heavy atom. The molecule has 1 aromatic heterocycles. The molecule has 0 radical (unpaired) electrons. The number of para-hydroxylation sites is 2. The van der Waals surface area contributed by atoms with Crippen molar-refractivity contribution in [1.82, 2.24) is 9.55 Å². The highest BCUT2D eigenvalue weighted by Crippen LogP contribution is 2.22. The Morgan fingerprint density at radius 3 is 2.55 bits per heavy atom. The topological polar surface area (TPSA) is 46.9 Å². The molecule has 0 saturated heterocycles. The van der Waals surface area contributed by atoms with Gasteiger partial charge in [0, 0.05) is 23.0 Å². The van der Waals surface area contributed by atoms with Gasteiger partial charge in [-0.25, -0.2) is 4.98 Å². The Labute approximate surface area is 133 Å². The minimum atomic E-state index is -0.179. The summed E-state index contributed by atoms with van der Waals surface area (Å²) in [5, 5.41) is 3.53. The molecule has 0 aliphatic heterocycles. The fourth-order valence-electron chi connectivity index (χ4n) is 2.22. The summed E-state index contributed by atoms with van der Waals surface area (Å²) in [5.74, 6) is 0.676. The summed E-state index contributed by atoms with van der Waals surface area (Å²) >= 11 is 5.84. The zero-order valence-electron chi connectivity index (χ0n) is 12.0. The van der Waals surface area contributed by atoms with E-state index in [0.29, 0.717) is 10.6 Å². The van der Waals surface area contributed by atoms with Crippen LogP contribution < -0.4 is 5.32 Å². The van der Waals surface area contributed by atoms with Gasteiger partial charge in [0.15, 0.2) is 0 Å². The molecule has 2 aromatic carbocycles. The number of amides is 1. The molecular formula is C17H14ClN3O. The fraction of sp³-hybridized carbons (Fsp3) is 0.0588. The smallest absolute Gasteiger partial charge is 0.255 e. The molecule has 1 amide bonds. The lowest BCUT2D eigenvalue weighted by atomic mass is 10.2. The second-order valence-corrected chi connectivity index (χ2v) is 5.26. The van der Waals surface area contributed by atoms with Gasteiger partial charge in [-0.15, -0.1) is 0 Å². The van der Waals surface area contributed by atoms with Crippen LogP contribution in [0.5, 0.6) is 0 Å². The van der Waals surface area contributed by atoms with E-state index in [0.717, 1.165) is 17.2 Å². The molecule has 0 fully saturated rings. The first-order valence-corrected chi connectivity index (χ1v) is 7.19. The van der Waals surface area contributed by atoms with Crippen molar-refractivity contribution in [2.24, 2.45) is 0 Å². The summed E-state index contributed by atoms with van der Waals surface area (Å²) in [6.07, 6.45) is 3.59. The van der Waals surface area contributed by atoms with E-state index < -0.39 is 0 Å². The van der Waals surface area contributed by atoms with E-state index in [2.05, 4.69) is 10.3 Å². The number of nitrogens with zero attached hydrogens (tertiary/aromatic N) is 2. The van der Waals surface area contributed by atoms with Crippen LogP contribution in [0.15, 0.2) is 60.9 Å². The molecule has 0 spiro atoms. The zero-order valence-corrected chi connectivity index (χ0v) is 12.7. The van der Waals surface area contributed by atoms with Crippen molar-refractivity contribution in [2.45, 2.75) is 6.92 Å². The van der Waals surface area contributed by atoms with Gasteiger partial charge in [0.2, 0.25) is 0 Å². The average molecular weight is 312 g/mol. The zero-order chi connectivity index (χ0) is 15.5. The number of hydrogen-bond donors (Lipinski definition) is 1. The maximum absolute atomic E-state index is 12.4. The Balaban J connectivity index is 1.91. The minimum absolute atomic E-state index is 0.179. The van der Waals surface area contributed by atoms with Crippen LogP contribution in [-0.2, 0) is 0 Å². The first kappa shape index (κ1) is 14.4. The summed E-state index contributed by atoms with van der Waals surface area (Å²) in [4.78, 5) is 16.6. The van der Waals surface area contributed by atoms with Crippen LogP contribution >= 0.6 is 11.6 Å². The van der Waals surface area contributed by atoms with Crippen LogP contribution in [0.4, 0.5) is 5.69 Å². The highest BCUT2D eigenvalue weighted by molar-refractivity contribution is 6.30. The number of hydrogen-bond acceptors (Lipinski definition) is 2. The van der Waals surface area contributed by atoms with E-state index in [1.807, 2.05) is 42.0 Å². The van der Waals surface area contributed by atoms with Crippen LogP contribution in [0.1, 0.15) is 16.2 Å². The van der Waals surface area contributed by atoms with E-state index >= 15 is 0 Å². The van der Waals surface area contributed by atoms with Gasteiger partial charge in [0.05, 0.1) is 11.4 Å². The molecule has 0 aliphatic carbocycles. The molecule has 0 saturated carbocycles. The molecule has 0 unspecified atom stereocenters. The predicted molar refractivity (Wildman–Crippen MR) is 87.7 cm³/mol. The molecule has 1 N–H and O–H groups in total. The molecule has 5 heteroatoms. The van der Waals surface area contributed by atoms with E-state index in [1.165, 1.54) is 0 Å². The Hall–Kier alpha value is -2.59. The molecule has 110 valence electrons. The van der Waals surface area contributed by atoms with Gasteiger partial charge < -0.3 is 9.88 Å². The molecule has 3 aromatic rings. The number of carbonyl (C=O) groups excluding carboxylic acids is 1. The molecule has 22 heavy (non-hydrogen) atoms. The van der Waals surface area contributed by atoms with Gasteiger partial charge in [0.25, 0.3) is 5.91 Å². The van der Waals surface area contributed by atoms with E-state index in [-0.39, 0.29) is 5.91 Å². The molecule has 0 atom stereocenters. The predicted octanol–water partition coefficient (Wildman–Crippen LogP) is 4.09. The number of aromatic nitrogens is 2. The van der Waals surface area contributed by atoms with E-state index in [1.54, 1.807) is 30.5 Å². The third-order valence-corrected chi connectivity index (χ3v) is 3.60. The number of aryl methyl sites for hydroxylation is 1. The third-order valence-electron chi connectivity index (χ3n) is 3.34. The standard InChI is InChI=1S/C17H14ClN3O/c1-12-19-10-11-21(12)16-5-3-2-4-15(16)20-17(22)13-6-8-14(18)9-7-13/h2-11H,1H3,(H,20,22). The number of rotatable bonds is 3. The number of benzene rings is 2. The van der Waals surface area contributed by atoms with Gasteiger partial charge in [0.1, 0.15) is 5.82 Å². The molecule has 1 heterocycles. The van der Waals surface area contributed by atoms with Crippen molar-refractivity contribution < 1.29 is 4.79 Å². The number of nitrogens with one attached hydrogen (secondary N) is 1. The summed E-state index contributed by atoms with van der Waals surface area (Å²) < 4.78 is 1.93. The summed E-state index contributed by atoms with van der Waals surface area (Å²) in [6.45, 7) is 1.91. The van der Waals surface area contributed by atoms with Crippen LogP contribution in [0.25, 0.3) is 5.69 Å². The van der Waals surface area contributed by atoms with E-state index in [9.17, 15) is 4.79 Å².